The fraction of sp³-hybridized carbons (Fsp3) is 0.895. The van der Waals surface area contributed by atoms with Gasteiger partial charge in [-0.2, -0.15) is 0 Å². The number of rotatable bonds is 6. The van der Waals surface area contributed by atoms with Crippen LogP contribution in [0.1, 0.15) is 65.7 Å². The number of nitrogens with one attached hydrogen (secondary N) is 2. The highest BCUT2D eigenvalue weighted by molar-refractivity contribution is 5.80. The van der Waals surface area contributed by atoms with E-state index in [-0.39, 0.29) is 5.91 Å². The third-order valence-electron chi connectivity index (χ3n) is 5.58. The van der Waals surface area contributed by atoms with Crippen molar-refractivity contribution in [1.29, 1.82) is 0 Å². The largest absolute Gasteiger partial charge is 0.357 e. The van der Waals surface area contributed by atoms with Gasteiger partial charge in [0, 0.05) is 38.6 Å². The number of hydrogen-bond donors (Lipinski definition) is 2. The third kappa shape index (κ3) is 5.67. The van der Waals surface area contributed by atoms with Crippen molar-refractivity contribution in [2.75, 3.05) is 26.2 Å². The van der Waals surface area contributed by atoms with Crippen LogP contribution in [0.3, 0.4) is 0 Å². The molecule has 0 radical (unpaired) electrons. The molecular weight excluding hydrogens is 300 g/mol. The van der Waals surface area contributed by atoms with Crippen LogP contribution in [-0.4, -0.2) is 49.0 Å². The molecule has 2 aliphatic rings. The summed E-state index contributed by atoms with van der Waals surface area (Å²) < 4.78 is 0. The van der Waals surface area contributed by atoms with Crippen LogP contribution in [0.2, 0.25) is 0 Å². The minimum absolute atomic E-state index is 0.258. The minimum Gasteiger partial charge on any atom is -0.357 e. The number of hydrogen-bond acceptors (Lipinski definition) is 2. The number of likely N-dealkylation sites (tertiary alicyclic amines) is 1. The first-order chi connectivity index (χ1) is 11.7. The maximum Gasteiger partial charge on any atom is 0.222 e. The molecule has 24 heavy (non-hydrogen) atoms. The first-order valence-corrected chi connectivity index (χ1v) is 9.98. The summed E-state index contributed by atoms with van der Waals surface area (Å²) in [6, 6.07) is 0.328. The molecule has 1 saturated carbocycles. The summed E-state index contributed by atoms with van der Waals surface area (Å²) >= 11 is 0. The lowest BCUT2D eigenvalue weighted by Crippen LogP contribution is -2.45. The lowest BCUT2D eigenvalue weighted by atomic mass is 9.81. The van der Waals surface area contributed by atoms with Gasteiger partial charge in [0.2, 0.25) is 5.91 Å². The Balaban J connectivity index is 1.80. The van der Waals surface area contributed by atoms with Crippen LogP contribution in [0.4, 0.5) is 0 Å². The Morgan fingerprint density at radius 1 is 1.08 bits per heavy atom. The topological polar surface area (TPSA) is 56.7 Å². The first-order valence-electron chi connectivity index (χ1n) is 9.98. The summed E-state index contributed by atoms with van der Waals surface area (Å²) in [6.07, 6.45) is 8.33. The predicted molar refractivity (Wildman–Crippen MR) is 100 cm³/mol. The molecule has 1 unspecified atom stereocenters. The smallest absolute Gasteiger partial charge is 0.222 e. The third-order valence-corrected chi connectivity index (χ3v) is 5.58. The zero-order valence-electron chi connectivity index (χ0n) is 15.8. The number of guanidine groups is 1. The SMILES string of the molecule is CCNC(=NCC1CCC(CC)CC1)NC1CCN(C(=O)CC)C1. The van der Waals surface area contributed by atoms with Gasteiger partial charge in [0.25, 0.3) is 0 Å². The van der Waals surface area contributed by atoms with E-state index in [1.54, 1.807) is 0 Å². The molecule has 1 heterocycles. The van der Waals surface area contributed by atoms with Gasteiger partial charge in [-0.1, -0.05) is 33.1 Å². The van der Waals surface area contributed by atoms with Crippen LogP contribution in [0.15, 0.2) is 4.99 Å². The summed E-state index contributed by atoms with van der Waals surface area (Å²) in [5.74, 6) is 2.86. The van der Waals surface area contributed by atoms with Crippen molar-refractivity contribution in [2.24, 2.45) is 16.8 Å². The standard InChI is InChI=1S/C19H36N4O/c1-4-15-7-9-16(10-8-15)13-21-19(20-6-3)22-17-11-12-23(14-17)18(24)5-2/h15-17H,4-14H2,1-3H3,(H2,20,21,22). The average molecular weight is 337 g/mol. The number of carbonyl (C=O) groups excluding carboxylic acids is 1. The molecule has 0 bridgehead atoms. The summed E-state index contributed by atoms with van der Waals surface area (Å²) in [4.78, 5) is 18.6. The zero-order chi connectivity index (χ0) is 17.4. The number of carbonyl (C=O) groups is 1. The van der Waals surface area contributed by atoms with Gasteiger partial charge in [0.15, 0.2) is 5.96 Å². The van der Waals surface area contributed by atoms with Crippen molar-refractivity contribution in [1.82, 2.24) is 15.5 Å². The Hall–Kier alpha value is -1.26. The molecule has 2 N–H and O–H groups in total. The highest BCUT2D eigenvalue weighted by Crippen LogP contribution is 2.30. The molecule has 1 atom stereocenters. The number of aliphatic imine (C=N–C) groups is 1. The normalized spacial score (nSPS) is 28.0. The maximum atomic E-state index is 11.8. The van der Waals surface area contributed by atoms with Gasteiger partial charge in [0.05, 0.1) is 0 Å². The molecule has 0 aromatic rings. The van der Waals surface area contributed by atoms with Crippen LogP contribution < -0.4 is 10.6 Å². The lowest BCUT2D eigenvalue weighted by Gasteiger charge is -2.27. The fourth-order valence-electron chi connectivity index (χ4n) is 3.88. The highest BCUT2D eigenvalue weighted by atomic mass is 16.2. The molecule has 0 spiro atoms. The monoisotopic (exact) mass is 336 g/mol. The van der Waals surface area contributed by atoms with E-state index >= 15 is 0 Å². The number of amides is 1. The second kappa shape index (κ2) is 9.90. The van der Waals surface area contributed by atoms with Gasteiger partial charge in [-0.3, -0.25) is 9.79 Å². The van der Waals surface area contributed by atoms with Gasteiger partial charge in [0.1, 0.15) is 0 Å². The average Bonchev–Trinajstić information content (AvgIpc) is 3.08. The second-order valence-electron chi connectivity index (χ2n) is 7.34. The Kier molecular flexibility index (Phi) is 7.86. The van der Waals surface area contributed by atoms with Gasteiger partial charge < -0.3 is 15.5 Å². The van der Waals surface area contributed by atoms with E-state index < -0.39 is 0 Å². The Bertz CT molecular complexity index is 416. The molecule has 2 fully saturated rings. The van der Waals surface area contributed by atoms with E-state index in [4.69, 9.17) is 4.99 Å². The Morgan fingerprint density at radius 2 is 1.79 bits per heavy atom. The summed E-state index contributed by atoms with van der Waals surface area (Å²) in [5, 5.41) is 6.89. The summed E-state index contributed by atoms with van der Waals surface area (Å²) in [7, 11) is 0. The lowest BCUT2D eigenvalue weighted by molar-refractivity contribution is -0.129. The number of nitrogens with zero attached hydrogens (tertiary/aromatic N) is 2. The van der Waals surface area contributed by atoms with E-state index in [2.05, 4.69) is 24.5 Å². The van der Waals surface area contributed by atoms with E-state index in [1.165, 1.54) is 32.1 Å². The zero-order valence-corrected chi connectivity index (χ0v) is 15.8. The maximum absolute atomic E-state index is 11.8. The Morgan fingerprint density at radius 3 is 2.42 bits per heavy atom. The molecule has 0 aromatic heterocycles. The van der Waals surface area contributed by atoms with Crippen molar-refractivity contribution in [3.63, 3.8) is 0 Å². The molecule has 138 valence electrons. The van der Waals surface area contributed by atoms with Gasteiger partial charge in [-0.25, -0.2) is 0 Å². The van der Waals surface area contributed by atoms with Crippen molar-refractivity contribution < 1.29 is 4.79 Å². The summed E-state index contributed by atoms with van der Waals surface area (Å²) in [5.41, 5.74) is 0. The Labute approximate surface area is 147 Å². The quantitative estimate of drug-likeness (QED) is 0.579. The van der Waals surface area contributed by atoms with Crippen molar-refractivity contribution >= 4 is 11.9 Å². The predicted octanol–water partition coefficient (Wildman–Crippen LogP) is 2.77. The molecule has 5 nitrogen and oxygen atoms in total. The van der Waals surface area contributed by atoms with Crippen LogP contribution in [0.25, 0.3) is 0 Å². The molecule has 2 rings (SSSR count). The van der Waals surface area contributed by atoms with Crippen molar-refractivity contribution in [2.45, 2.75) is 71.8 Å². The minimum atomic E-state index is 0.258. The van der Waals surface area contributed by atoms with Gasteiger partial charge in [-0.05, 0) is 38.0 Å². The van der Waals surface area contributed by atoms with Gasteiger partial charge in [-0.15, -0.1) is 0 Å². The van der Waals surface area contributed by atoms with E-state index in [9.17, 15) is 4.79 Å². The fourth-order valence-corrected chi connectivity index (χ4v) is 3.88. The second-order valence-corrected chi connectivity index (χ2v) is 7.34. The van der Waals surface area contributed by atoms with Crippen LogP contribution in [-0.2, 0) is 4.79 Å². The van der Waals surface area contributed by atoms with Crippen molar-refractivity contribution in [3.05, 3.63) is 0 Å². The van der Waals surface area contributed by atoms with E-state index in [0.717, 1.165) is 50.4 Å². The van der Waals surface area contributed by atoms with Crippen molar-refractivity contribution in [3.8, 4) is 0 Å². The van der Waals surface area contributed by atoms with Crippen LogP contribution in [0.5, 0.6) is 0 Å². The molecule has 1 aliphatic heterocycles. The van der Waals surface area contributed by atoms with E-state index in [0.29, 0.717) is 12.5 Å². The summed E-state index contributed by atoms with van der Waals surface area (Å²) in [6.45, 7) is 9.82. The molecule has 1 amide bonds. The molecule has 0 aromatic carbocycles. The highest BCUT2D eigenvalue weighted by Gasteiger charge is 2.26. The molecular formula is C19H36N4O. The van der Waals surface area contributed by atoms with Crippen LogP contribution in [0, 0.1) is 11.8 Å². The molecule has 5 heteroatoms. The van der Waals surface area contributed by atoms with Crippen LogP contribution >= 0.6 is 0 Å². The first kappa shape index (κ1) is 19.1. The molecule has 1 aliphatic carbocycles. The van der Waals surface area contributed by atoms with Gasteiger partial charge >= 0.3 is 0 Å². The molecule has 1 saturated heterocycles. The van der Waals surface area contributed by atoms with E-state index in [1.807, 2.05) is 11.8 Å².